The van der Waals surface area contributed by atoms with E-state index in [2.05, 4.69) is 21.6 Å². The summed E-state index contributed by atoms with van der Waals surface area (Å²) in [5, 5.41) is 2.62. The summed E-state index contributed by atoms with van der Waals surface area (Å²) in [5.74, 6) is -1.51. The number of alkyl halides is 2. The second kappa shape index (κ2) is 6.75. The van der Waals surface area contributed by atoms with Crippen molar-refractivity contribution in [1.29, 1.82) is 0 Å². The van der Waals surface area contributed by atoms with Crippen molar-refractivity contribution in [2.75, 3.05) is 5.73 Å². The van der Waals surface area contributed by atoms with Crippen LogP contribution in [-0.4, -0.2) is 22.2 Å². The molecule has 2 bridgehead atoms. The third-order valence-electron chi connectivity index (χ3n) is 6.19. The van der Waals surface area contributed by atoms with E-state index in [0.29, 0.717) is 11.5 Å². The minimum Gasteiger partial charge on any atom is -0.398 e. The summed E-state index contributed by atoms with van der Waals surface area (Å²) in [6, 6.07) is 6.25. The summed E-state index contributed by atoms with van der Waals surface area (Å²) in [4.78, 5) is 12.9. The van der Waals surface area contributed by atoms with Crippen LogP contribution in [0, 0.1) is 17.6 Å². The molecule has 2 radical (unpaired) electrons. The van der Waals surface area contributed by atoms with Crippen LogP contribution < -0.4 is 11.1 Å². The molecule has 5 rings (SSSR count). The van der Waals surface area contributed by atoms with Gasteiger partial charge < -0.3 is 11.1 Å². The first-order valence-electron chi connectivity index (χ1n) is 9.32. The van der Waals surface area contributed by atoms with Crippen LogP contribution in [-0.2, 0) is 9.82 Å². The number of hydrogen-bond donors (Lipinski definition) is 2. The highest BCUT2D eigenvalue weighted by Crippen LogP contribution is 2.65. The van der Waals surface area contributed by atoms with E-state index >= 15 is 0 Å². The molecule has 2 aromatic carbocycles. The summed E-state index contributed by atoms with van der Waals surface area (Å²) >= 11 is 2.27. The van der Waals surface area contributed by atoms with E-state index in [1.807, 2.05) is 0 Å². The van der Waals surface area contributed by atoms with Crippen LogP contribution in [0.3, 0.4) is 0 Å². The maximum atomic E-state index is 14.6. The fourth-order valence-corrected chi connectivity index (χ4v) is 4.84. The summed E-state index contributed by atoms with van der Waals surface area (Å²) in [6.45, 7) is 1.48. The highest BCUT2D eigenvalue weighted by atomic mass is 27.0. The molecular weight excluding hydrogens is 399 g/mol. The third-order valence-corrected chi connectivity index (χ3v) is 6.65. The van der Waals surface area contributed by atoms with E-state index in [9.17, 15) is 22.4 Å². The lowest BCUT2D eigenvalue weighted by Gasteiger charge is -2.62. The van der Waals surface area contributed by atoms with E-state index in [1.165, 1.54) is 25.1 Å². The average molecular weight is 418 g/mol. The van der Waals surface area contributed by atoms with Crippen LogP contribution in [0.25, 0.3) is 0 Å². The standard InChI is InChI=1S/C21H19F4N2O.Al/c1-10(12-3-2-4-13(18(12)23)19(24)25)27-20(28)14-5-15(16(22)6-17(14)26)21-7-11(8-21)9-21;/h2-6,11,19H,7-9,26H2,1H3,(H,27,28);. The van der Waals surface area contributed by atoms with Gasteiger partial charge >= 0.3 is 0 Å². The van der Waals surface area contributed by atoms with Crippen molar-refractivity contribution in [3.63, 3.8) is 0 Å². The summed E-state index contributed by atoms with van der Waals surface area (Å²) < 4.78 is 53.7. The Balaban J connectivity index is 1.64. The molecule has 0 aliphatic heterocycles. The van der Waals surface area contributed by atoms with Crippen molar-refractivity contribution < 1.29 is 22.4 Å². The Labute approximate surface area is 174 Å². The first-order chi connectivity index (χ1) is 13.5. The van der Waals surface area contributed by atoms with E-state index in [-0.39, 0.29) is 22.2 Å². The van der Waals surface area contributed by atoms with Gasteiger partial charge in [-0.3, -0.25) is 4.79 Å². The topological polar surface area (TPSA) is 55.1 Å². The summed E-state index contributed by atoms with van der Waals surface area (Å²) in [7, 11) is 0. The van der Waals surface area contributed by atoms with Crippen molar-refractivity contribution in [2.45, 2.75) is 42.4 Å². The Hall–Kier alpha value is -2.04. The maximum Gasteiger partial charge on any atom is 0.266 e. The molecule has 0 saturated heterocycles. The number of amides is 1. The number of halogens is 4. The van der Waals surface area contributed by atoms with Crippen molar-refractivity contribution in [2.24, 2.45) is 5.92 Å². The average Bonchev–Trinajstić information content (AvgIpc) is 2.53. The normalized spacial score (nSPS) is 24.4. The van der Waals surface area contributed by atoms with Crippen molar-refractivity contribution in [3.05, 3.63) is 64.2 Å². The van der Waals surface area contributed by atoms with Gasteiger partial charge in [0.05, 0.1) is 11.1 Å². The van der Waals surface area contributed by atoms with E-state index < -0.39 is 33.9 Å². The second-order valence-corrected chi connectivity index (χ2v) is 9.50. The Kier molecular flexibility index (Phi) is 4.71. The minimum atomic E-state index is -2.98. The van der Waals surface area contributed by atoms with Crippen LogP contribution in [0.15, 0.2) is 30.3 Å². The number of rotatable bonds is 5. The van der Waals surface area contributed by atoms with Gasteiger partial charge in [0, 0.05) is 5.69 Å². The van der Waals surface area contributed by atoms with Gasteiger partial charge in [-0.2, -0.15) is 0 Å². The van der Waals surface area contributed by atoms with Crippen molar-refractivity contribution in [3.8, 4) is 0 Å². The number of carbonyl (C=O) groups excluding carboxylic acids is 1. The molecule has 0 spiro atoms. The molecule has 3 N–H and O–H groups in total. The minimum absolute atomic E-state index is 0.0297. The second-order valence-electron chi connectivity index (χ2n) is 8.34. The van der Waals surface area contributed by atoms with E-state index in [1.54, 1.807) is 0 Å². The van der Waals surface area contributed by atoms with Gasteiger partial charge in [-0.15, -0.1) is 0 Å². The third kappa shape index (κ3) is 3.23. The lowest BCUT2D eigenvalue weighted by molar-refractivity contribution is -0.0300. The predicted octanol–water partition coefficient (Wildman–Crippen LogP) is 4.31. The van der Waals surface area contributed by atoms with Gasteiger partial charge in [-0.25, -0.2) is 17.6 Å². The molecule has 3 aliphatic rings. The summed E-state index contributed by atoms with van der Waals surface area (Å²) in [5.41, 5.74) is 5.37. The molecule has 0 aromatic heterocycles. The van der Waals surface area contributed by atoms with Crippen LogP contribution in [0.5, 0.6) is 0 Å². The largest absolute Gasteiger partial charge is 0.398 e. The Morgan fingerprint density at radius 2 is 1.93 bits per heavy atom. The molecule has 3 aliphatic carbocycles. The quantitative estimate of drug-likeness (QED) is 0.432. The van der Waals surface area contributed by atoms with E-state index in [0.717, 1.165) is 31.4 Å². The van der Waals surface area contributed by atoms with Crippen LogP contribution in [0.1, 0.15) is 59.7 Å². The molecule has 0 unspecified atom stereocenters. The van der Waals surface area contributed by atoms with Gasteiger partial charge in [-0.1, -0.05) is 25.1 Å². The fourth-order valence-electron chi connectivity index (χ4n) is 4.49. The molecule has 8 heteroatoms. The van der Waals surface area contributed by atoms with Gasteiger partial charge in [0.15, 0.2) is 16.3 Å². The molecule has 29 heavy (non-hydrogen) atoms. The van der Waals surface area contributed by atoms with Crippen molar-refractivity contribution >= 4 is 27.9 Å². The Morgan fingerprint density at radius 1 is 1.28 bits per heavy atom. The molecule has 3 saturated carbocycles. The van der Waals surface area contributed by atoms with Gasteiger partial charge in [0.2, 0.25) is 0 Å². The number of carbonyl (C=O) groups is 1. The number of benzene rings is 2. The molecule has 150 valence electrons. The molecular formula is C21H19AlF4N2O. The predicted molar refractivity (Wildman–Crippen MR) is 102 cm³/mol. The highest BCUT2D eigenvalue weighted by molar-refractivity contribution is 6.17. The first kappa shape index (κ1) is 20.2. The molecule has 0 heterocycles. The number of nitrogen functional groups attached to an aromatic ring is 1. The Morgan fingerprint density at radius 3 is 2.48 bits per heavy atom. The number of nitrogens with one attached hydrogen (secondary N) is 1. The zero-order chi connectivity index (χ0) is 21.1. The van der Waals surface area contributed by atoms with E-state index in [4.69, 9.17) is 5.73 Å². The molecule has 3 nitrogen and oxygen atoms in total. The van der Waals surface area contributed by atoms with Crippen LogP contribution in [0.2, 0.25) is 0 Å². The monoisotopic (exact) mass is 418 g/mol. The molecule has 2 aromatic rings. The number of anilines is 1. The van der Waals surface area contributed by atoms with Crippen LogP contribution >= 0.6 is 0 Å². The van der Waals surface area contributed by atoms with Crippen molar-refractivity contribution in [1.82, 2.24) is 5.32 Å². The number of hydrogen-bond acceptors (Lipinski definition) is 2. The fraction of sp³-hybridized carbons (Fsp3) is 0.381. The molecule has 1 amide bonds. The SMILES string of the molecule is C[C@]([Al])(NC(=O)c1cc(C23CC(C2)C3)c(F)cc1N)c1cccc(C(F)F)c1F. The zero-order valence-corrected chi connectivity index (χ0v) is 16.9. The van der Waals surface area contributed by atoms with Gasteiger partial charge in [-0.05, 0) is 58.3 Å². The van der Waals surface area contributed by atoms with Gasteiger partial charge in [0.25, 0.3) is 12.3 Å². The Bertz CT molecular complexity index is 991. The number of nitrogens with two attached hydrogens (primary N) is 1. The lowest BCUT2D eigenvalue weighted by Crippen LogP contribution is -2.55. The lowest BCUT2D eigenvalue weighted by atomic mass is 9.42. The van der Waals surface area contributed by atoms with Crippen LogP contribution in [0.4, 0.5) is 23.2 Å². The maximum absolute atomic E-state index is 14.6. The van der Waals surface area contributed by atoms with Gasteiger partial charge in [0.1, 0.15) is 11.6 Å². The first-order valence-corrected chi connectivity index (χ1v) is 9.90. The zero-order valence-electron chi connectivity index (χ0n) is 15.7. The highest BCUT2D eigenvalue weighted by Gasteiger charge is 2.58. The molecule has 1 atom stereocenters. The molecule has 3 fully saturated rings. The summed E-state index contributed by atoms with van der Waals surface area (Å²) in [6.07, 6.45) is -0.263. The smallest absolute Gasteiger partial charge is 0.266 e.